The molecule has 7 heteroatoms. The van der Waals surface area contributed by atoms with Gasteiger partial charge in [-0.25, -0.2) is 4.79 Å². The Hall–Kier alpha value is -1.37. The van der Waals surface area contributed by atoms with Gasteiger partial charge in [0.15, 0.2) is 0 Å². The number of rotatable bonds is 2. The van der Waals surface area contributed by atoms with Gasteiger partial charge in [0.05, 0.1) is 11.6 Å². The highest BCUT2D eigenvalue weighted by molar-refractivity contribution is 9.10. The number of nitrogens with zero attached hydrogens (tertiary/aromatic N) is 2. The van der Waals surface area contributed by atoms with Gasteiger partial charge in [0.25, 0.3) is 5.56 Å². The summed E-state index contributed by atoms with van der Waals surface area (Å²) in [4.78, 5) is 33.7. The Balaban J connectivity index is 3.27. The minimum Gasteiger partial charge on any atom is -0.468 e. The normalized spacial score (nSPS) is 10.1. The van der Waals surface area contributed by atoms with Crippen LogP contribution in [-0.4, -0.2) is 22.2 Å². The average molecular weight is 277 g/mol. The molecule has 0 amide bonds. The maximum absolute atomic E-state index is 11.5. The minimum atomic E-state index is -0.561. The van der Waals surface area contributed by atoms with E-state index in [1.807, 2.05) is 0 Å². The van der Waals surface area contributed by atoms with Crippen LogP contribution in [0.25, 0.3) is 0 Å². The van der Waals surface area contributed by atoms with Crippen LogP contribution in [0.5, 0.6) is 0 Å². The predicted molar refractivity (Wildman–Crippen MR) is 55.7 cm³/mol. The fourth-order valence-electron chi connectivity index (χ4n) is 1.00. The number of methoxy groups -OCH3 is 1. The molecule has 1 rings (SSSR count). The third-order valence-electron chi connectivity index (χ3n) is 1.84. The lowest BCUT2D eigenvalue weighted by molar-refractivity contribution is -0.141. The lowest BCUT2D eigenvalue weighted by Gasteiger charge is -2.06. The Kier molecular flexibility index (Phi) is 3.46. The molecular formula is C8H9BrN2O4. The molecule has 0 fully saturated rings. The van der Waals surface area contributed by atoms with Crippen molar-refractivity contribution >= 4 is 21.9 Å². The first-order chi connectivity index (χ1) is 6.97. The molecule has 0 saturated carbocycles. The van der Waals surface area contributed by atoms with Gasteiger partial charge in [0.1, 0.15) is 6.54 Å². The van der Waals surface area contributed by atoms with E-state index in [4.69, 9.17) is 0 Å². The van der Waals surface area contributed by atoms with E-state index < -0.39 is 17.2 Å². The summed E-state index contributed by atoms with van der Waals surface area (Å²) in [7, 11) is 2.56. The average Bonchev–Trinajstić information content (AvgIpc) is 2.22. The number of hydrogen-bond acceptors (Lipinski definition) is 4. The van der Waals surface area contributed by atoms with Gasteiger partial charge in [-0.2, -0.15) is 0 Å². The first kappa shape index (κ1) is 11.7. The Morgan fingerprint density at radius 3 is 2.67 bits per heavy atom. The predicted octanol–water partition coefficient (Wildman–Crippen LogP) is -0.518. The number of halogens is 1. The molecule has 0 N–H and O–H groups in total. The van der Waals surface area contributed by atoms with Gasteiger partial charge in [-0.3, -0.25) is 18.7 Å². The van der Waals surface area contributed by atoms with E-state index in [0.29, 0.717) is 0 Å². The summed E-state index contributed by atoms with van der Waals surface area (Å²) in [5, 5.41) is 0. The third kappa shape index (κ3) is 2.35. The van der Waals surface area contributed by atoms with E-state index in [0.717, 1.165) is 9.13 Å². The largest absolute Gasteiger partial charge is 0.468 e. The lowest BCUT2D eigenvalue weighted by Crippen LogP contribution is -2.39. The van der Waals surface area contributed by atoms with E-state index >= 15 is 0 Å². The van der Waals surface area contributed by atoms with Crippen molar-refractivity contribution in [1.82, 2.24) is 9.13 Å². The van der Waals surface area contributed by atoms with Crippen LogP contribution in [0.2, 0.25) is 0 Å². The second kappa shape index (κ2) is 4.43. The van der Waals surface area contributed by atoms with E-state index in [9.17, 15) is 14.4 Å². The van der Waals surface area contributed by atoms with Gasteiger partial charge in [0.2, 0.25) is 0 Å². The number of carbonyl (C=O) groups is 1. The molecule has 0 spiro atoms. The highest BCUT2D eigenvalue weighted by Gasteiger charge is 2.09. The molecular weight excluding hydrogens is 268 g/mol. The Morgan fingerprint density at radius 2 is 2.13 bits per heavy atom. The zero-order valence-corrected chi connectivity index (χ0v) is 9.78. The van der Waals surface area contributed by atoms with Gasteiger partial charge in [-0.05, 0) is 15.9 Å². The molecule has 0 saturated heterocycles. The van der Waals surface area contributed by atoms with E-state index in [1.54, 1.807) is 0 Å². The van der Waals surface area contributed by atoms with Crippen molar-refractivity contribution in [3.8, 4) is 0 Å². The lowest BCUT2D eigenvalue weighted by atomic mass is 10.5. The number of esters is 1. The Labute approximate surface area is 93.2 Å². The molecule has 15 heavy (non-hydrogen) atoms. The summed E-state index contributed by atoms with van der Waals surface area (Å²) in [5.74, 6) is -0.553. The van der Waals surface area contributed by atoms with Crippen molar-refractivity contribution in [1.29, 1.82) is 0 Å². The molecule has 0 unspecified atom stereocenters. The fourth-order valence-corrected chi connectivity index (χ4v) is 1.52. The van der Waals surface area contributed by atoms with Crippen LogP contribution in [0.3, 0.4) is 0 Å². The zero-order chi connectivity index (χ0) is 11.6. The second-order valence-corrected chi connectivity index (χ2v) is 3.68. The minimum absolute atomic E-state index is 0.216. The van der Waals surface area contributed by atoms with Gasteiger partial charge in [-0.15, -0.1) is 0 Å². The molecule has 0 aliphatic rings. The van der Waals surface area contributed by atoms with Crippen LogP contribution in [-0.2, 0) is 23.1 Å². The van der Waals surface area contributed by atoms with Gasteiger partial charge >= 0.3 is 11.7 Å². The fraction of sp³-hybridized carbons (Fsp3) is 0.375. The standard InChI is InChI=1S/C8H9BrN2O4/c1-10-7(13)5(9)3-11(8(10)14)4-6(12)15-2/h3H,4H2,1-2H3. The molecule has 1 aromatic heterocycles. The molecule has 1 heterocycles. The van der Waals surface area contributed by atoms with Crippen molar-refractivity contribution in [2.75, 3.05) is 7.11 Å². The quantitative estimate of drug-likeness (QED) is 0.682. The monoisotopic (exact) mass is 276 g/mol. The molecule has 82 valence electrons. The third-order valence-corrected chi connectivity index (χ3v) is 2.38. The van der Waals surface area contributed by atoms with Crippen molar-refractivity contribution in [3.05, 3.63) is 31.5 Å². The number of carbonyl (C=O) groups excluding carboxylic acids is 1. The first-order valence-electron chi connectivity index (χ1n) is 4.00. The number of aromatic nitrogens is 2. The number of ether oxygens (including phenoxy) is 1. The maximum Gasteiger partial charge on any atom is 0.331 e. The van der Waals surface area contributed by atoms with Crippen LogP contribution in [0.4, 0.5) is 0 Å². The summed E-state index contributed by atoms with van der Waals surface area (Å²) in [6, 6.07) is 0. The molecule has 0 bridgehead atoms. The molecule has 0 aliphatic carbocycles. The summed E-state index contributed by atoms with van der Waals surface area (Å²) < 4.78 is 6.64. The van der Waals surface area contributed by atoms with Crippen molar-refractivity contribution in [2.45, 2.75) is 6.54 Å². The maximum atomic E-state index is 11.5. The van der Waals surface area contributed by atoms with Crippen LogP contribution < -0.4 is 11.2 Å². The van der Waals surface area contributed by atoms with Crippen molar-refractivity contribution in [3.63, 3.8) is 0 Å². The van der Waals surface area contributed by atoms with Crippen molar-refractivity contribution in [2.24, 2.45) is 7.05 Å². The highest BCUT2D eigenvalue weighted by atomic mass is 79.9. The highest BCUT2D eigenvalue weighted by Crippen LogP contribution is 1.98. The molecule has 1 aromatic rings. The summed E-state index contributed by atoms with van der Waals surface area (Å²) in [6.45, 7) is -0.220. The van der Waals surface area contributed by atoms with Gasteiger partial charge < -0.3 is 4.74 Å². The van der Waals surface area contributed by atoms with Crippen LogP contribution in [0.1, 0.15) is 0 Å². The van der Waals surface area contributed by atoms with E-state index in [1.165, 1.54) is 20.4 Å². The summed E-state index contributed by atoms with van der Waals surface area (Å²) in [6.07, 6.45) is 1.27. The summed E-state index contributed by atoms with van der Waals surface area (Å²) >= 11 is 3.00. The molecule has 0 aliphatic heterocycles. The van der Waals surface area contributed by atoms with E-state index in [2.05, 4.69) is 20.7 Å². The molecule has 0 radical (unpaired) electrons. The topological polar surface area (TPSA) is 70.3 Å². The van der Waals surface area contributed by atoms with Crippen molar-refractivity contribution < 1.29 is 9.53 Å². The SMILES string of the molecule is COC(=O)Cn1cc(Br)c(=O)n(C)c1=O. The van der Waals surface area contributed by atoms with Crippen LogP contribution in [0, 0.1) is 0 Å². The Bertz CT molecular complexity index is 502. The second-order valence-electron chi connectivity index (χ2n) is 2.83. The molecule has 6 nitrogen and oxygen atoms in total. The Morgan fingerprint density at radius 1 is 1.53 bits per heavy atom. The molecule has 0 atom stereocenters. The summed E-state index contributed by atoms with van der Waals surface area (Å²) in [5.41, 5.74) is -1.00. The smallest absolute Gasteiger partial charge is 0.331 e. The zero-order valence-electron chi connectivity index (χ0n) is 8.19. The van der Waals surface area contributed by atoms with Crippen LogP contribution >= 0.6 is 15.9 Å². The van der Waals surface area contributed by atoms with Gasteiger partial charge in [-0.1, -0.05) is 0 Å². The first-order valence-corrected chi connectivity index (χ1v) is 4.79. The van der Waals surface area contributed by atoms with Gasteiger partial charge in [0, 0.05) is 13.2 Å². The van der Waals surface area contributed by atoms with Crippen LogP contribution in [0.15, 0.2) is 20.3 Å². The molecule has 0 aromatic carbocycles. The number of hydrogen-bond donors (Lipinski definition) is 0. The van der Waals surface area contributed by atoms with E-state index in [-0.39, 0.29) is 11.0 Å².